The van der Waals surface area contributed by atoms with Gasteiger partial charge >= 0.3 is 5.97 Å². The molecule has 0 aliphatic rings. The first kappa shape index (κ1) is 14.6. The summed E-state index contributed by atoms with van der Waals surface area (Å²) < 4.78 is 5.34. The number of hydrogen-bond acceptors (Lipinski definition) is 3. The average molecular weight is 261 g/mol. The van der Waals surface area contributed by atoms with E-state index in [2.05, 4.69) is 17.2 Å². The summed E-state index contributed by atoms with van der Waals surface area (Å²) in [5.74, 6) is 5.10. The summed E-state index contributed by atoms with van der Waals surface area (Å²) in [6, 6.07) is 6.09. The lowest BCUT2D eigenvalue weighted by atomic mass is 10.1. The van der Waals surface area contributed by atoms with Crippen molar-refractivity contribution in [2.24, 2.45) is 0 Å². The zero-order valence-corrected chi connectivity index (χ0v) is 10.6. The maximum absolute atomic E-state index is 10.9. The Morgan fingerprint density at radius 3 is 2.68 bits per heavy atom. The minimum absolute atomic E-state index is 0.225. The van der Waals surface area contributed by atoms with Crippen LogP contribution in [0, 0.1) is 11.8 Å². The number of carboxylic acids is 1. The molecule has 0 aromatic heterocycles. The highest BCUT2D eigenvalue weighted by Gasteiger charge is 2.16. The van der Waals surface area contributed by atoms with Gasteiger partial charge in [-0.3, -0.25) is 4.79 Å². The molecule has 1 rings (SSSR count). The summed E-state index contributed by atoms with van der Waals surface area (Å²) in [4.78, 5) is 21.2. The van der Waals surface area contributed by atoms with Gasteiger partial charge in [-0.05, 0) is 24.6 Å². The smallest absolute Gasteiger partial charge is 0.326 e. The molecule has 0 unspecified atom stereocenters. The molecule has 2 N–H and O–H groups in total. The summed E-state index contributed by atoms with van der Waals surface area (Å²) in [6.07, 6.45) is 0.614. The zero-order valence-electron chi connectivity index (χ0n) is 10.6. The normalized spacial score (nSPS) is 10.8. The van der Waals surface area contributed by atoms with Crippen molar-refractivity contribution in [1.82, 2.24) is 5.32 Å². The SMILES string of the molecule is CC#CCOc1ccc(C[C@H](NC=O)C(=O)O)cc1. The highest BCUT2D eigenvalue weighted by atomic mass is 16.5. The first-order valence-corrected chi connectivity index (χ1v) is 5.71. The molecule has 1 aromatic carbocycles. The zero-order chi connectivity index (χ0) is 14.1. The fraction of sp³-hybridized carbons (Fsp3) is 0.286. The quantitative estimate of drug-likeness (QED) is 0.563. The number of nitrogens with one attached hydrogen (secondary N) is 1. The van der Waals surface area contributed by atoms with Gasteiger partial charge in [-0.1, -0.05) is 18.1 Å². The van der Waals surface area contributed by atoms with Crippen molar-refractivity contribution in [1.29, 1.82) is 0 Å². The molecule has 100 valence electrons. The Morgan fingerprint density at radius 1 is 1.47 bits per heavy atom. The molecule has 0 saturated heterocycles. The molecule has 0 heterocycles. The molecule has 5 heteroatoms. The van der Waals surface area contributed by atoms with Crippen LogP contribution in [0.15, 0.2) is 24.3 Å². The lowest BCUT2D eigenvalue weighted by Crippen LogP contribution is -2.37. The van der Waals surface area contributed by atoms with E-state index in [1.54, 1.807) is 31.2 Å². The summed E-state index contributed by atoms with van der Waals surface area (Å²) in [5, 5.41) is 11.2. The Labute approximate surface area is 111 Å². The predicted molar refractivity (Wildman–Crippen MR) is 69.7 cm³/mol. The molecular formula is C14H15NO4. The fourth-order valence-corrected chi connectivity index (χ4v) is 1.45. The third-order valence-electron chi connectivity index (χ3n) is 2.42. The van der Waals surface area contributed by atoms with Crippen LogP contribution in [0.1, 0.15) is 12.5 Å². The number of benzene rings is 1. The first-order chi connectivity index (χ1) is 9.17. The highest BCUT2D eigenvalue weighted by molar-refractivity contribution is 5.76. The number of rotatable bonds is 7. The number of amides is 1. The standard InChI is InChI=1S/C14H15NO4/c1-2-3-8-19-12-6-4-11(5-7-12)9-13(14(17)18)15-10-16/h4-7,10,13H,8-9H2,1H3,(H,15,16)(H,17,18)/t13-/m0/s1. The van der Waals surface area contributed by atoms with Crippen LogP contribution in [0.5, 0.6) is 5.75 Å². The number of aliphatic carboxylic acids is 1. The van der Waals surface area contributed by atoms with E-state index in [0.717, 1.165) is 5.56 Å². The average Bonchev–Trinajstić information content (AvgIpc) is 2.40. The van der Waals surface area contributed by atoms with Gasteiger partial charge in [0.1, 0.15) is 18.4 Å². The molecule has 1 atom stereocenters. The molecule has 1 aromatic rings. The van der Waals surface area contributed by atoms with Gasteiger partial charge in [0.25, 0.3) is 0 Å². The molecule has 0 fully saturated rings. The van der Waals surface area contributed by atoms with Crippen LogP contribution in [-0.4, -0.2) is 30.1 Å². The Balaban J connectivity index is 2.61. The Bertz CT molecular complexity index is 484. The maximum atomic E-state index is 10.9. The van der Waals surface area contributed by atoms with Gasteiger partial charge in [0.05, 0.1) is 0 Å². The third kappa shape index (κ3) is 5.13. The van der Waals surface area contributed by atoms with Crippen molar-refractivity contribution in [2.75, 3.05) is 6.61 Å². The summed E-state index contributed by atoms with van der Waals surface area (Å²) in [7, 11) is 0. The van der Waals surface area contributed by atoms with Crippen molar-refractivity contribution in [3.63, 3.8) is 0 Å². The van der Waals surface area contributed by atoms with Crippen LogP contribution < -0.4 is 10.1 Å². The van der Waals surface area contributed by atoms with E-state index in [1.165, 1.54) is 0 Å². The van der Waals surface area contributed by atoms with Crippen molar-refractivity contribution in [3.05, 3.63) is 29.8 Å². The molecule has 5 nitrogen and oxygen atoms in total. The molecular weight excluding hydrogens is 246 g/mol. The monoisotopic (exact) mass is 261 g/mol. The van der Waals surface area contributed by atoms with E-state index < -0.39 is 12.0 Å². The van der Waals surface area contributed by atoms with Crippen LogP contribution in [0.4, 0.5) is 0 Å². The second-order valence-electron chi connectivity index (χ2n) is 3.74. The number of ether oxygens (including phenoxy) is 1. The van der Waals surface area contributed by atoms with Crippen molar-refractivity contribution >= 4 is 12.4 Å². The second kappa shape index (κ2) is 7.77. The van der Waals surface area contributed by atoms with Gasteiger partial charge in [-0.2, -0.15) is 0 Å². The minimum Gasteiger partial charge on any atom is -0.481 e. The number of hydrogen-bond donors (Lipinski definition) is 2. The van der Waals surface area contributed by atoms with E-state index in [9.17, 15) is 9.59 Å². The van der Waals surface area contributed by atoms with E-state index >= 15 is 0 Å². The molecule has 0 aliphatic heterocycles. The van der Waals surface area contributed by atoms with Crippen LogP contribution in [0.2, 0.25) is 0 Å². The van der Waals surface area contributed by atoms with E-state index in [4.69, 9.17) is 9.84 Å². The lowest BCUT2D eigenvalue weighted by molar-refractivity contribution is -0.140. The van der Waals surface area contributed by atoms with Crippen molar-refractivity contribution in [3.8, 4) is 17.6 Å². The molecule has 0 aliphatic carbocycles. The van der Waals surface area contributed by atoms with E-state index in [0.29, 0.717) is 18.8 Å². The number of carboxylic acid groups (broad SMARTS) is 1. The number of carbonyl (C=O) groups is 2. The minimum atomic E-state index is -1.06. The Hall–Kier alpha value is -2.48. The fourth-order valence-electron chi connectivity index (χ4n) is 1.45. The first-order valence-electron chi connectivity index (χ1n) is 5.71. The molecule has 0 bridgehead atoms. The summed E-state index contributed by atoms with van der Waals surface area (Å²) in [5.41, 5.74) is 0.802. The second-order valence-corrected chi connectivity index (χ2v) is 3.74. The van der Waals surface area contributed by atoms with Gasteiger partial charge in [0.2, 0.25) is 6.41 Å². The predicted octanol–water partition coefficient (Wildman–Crippen LogP) is 0.830. The van der Waals surface area contributed by atoms with Crippen molar-refractivity contribution < 1.29 is 19.4 Å². The molecule has 0 saturated carbocycles. The third-order valence-corrected chi connectivity index (χ3v) is 2.42. The van der Waals surface area contributed by atoms with Crippen LogP contribution in [0.25, 0.3) is 0 Å². The molecule has 1 amide bonds. The van der Waals surface area contributed by atoms with Gasteiger partial charge in [-0.15, -0.1) is 5.92 Å². The number of carbonyl (C=O) groups excluding carboxylic acids is 1. The lowest BCUT2D eigenvalue weighted by Gasteiger charge is -2.11. The van der Waals surface area contributed by atoms with Gasteiger partial charge in [-0.25, -0.2) is 4.79 Å². The maximum Gasteiger partial charge on any atom is 0.326 e. The van der Waals surface area contributed by atoms with Gasteiger partial charge in [0.15, 0.2) is 0 Å². The molecule has 19 heavy (non-hydrogen) atoms. The van der Waals surface area contributed by atoms with Gasteiger partial charge in [0, 0.05) is 6.42 Å². The van der Waals surface area contributed by atoms with Crippen molar-refractivity contribution in [2.45, 2.75) is 19.4 Å². The highest BCUT2D eigenvalue weighted by Crippen LogP contribution is 2.13. The van der Waals surface area contributed by atoms with E-state index in [1.807, 2.05) is 0 Å². The largest absolute Gasteiger partial charge is 0.481 e. The van der Waals surface area contributed by atoms with Crippen LogP contribution in [0.3, 0.4) is 0 Å². The molecule has 0 radical (unpaired) electrons. The summed E-state index contributed by atoms with van der Waals surface area (Å²) in [6.45, 7) is 2.05. The van der Waals surface area contributed by atoms with E-state index in [-0.39, 0.29) is 6.42 Å². The van der Waals surface area contributed by atoms with Gasteiger partial charge < -0.3 is 15.2 Å². The molecule has 0 spiro atoms. The Morgan fingerprint density at radius 2 is 2.16 bits per heavy atom. The van der Waals surface area contributed by atoms with Crippen LogP contribution >= 0.6 is 0 Å². The summed E-state index contributed by atoms with van der Waals surface area (Å²) >= 11 is 0. The topological polar surface area (TPSA) is 75.6 Å². The Kier molecular flexibility index (Phi) is 5.96. The van der Waals surface area contributed by atoms with Crippen LogP contribution in [-0.2, 0) is 16.0 Å².